The van der Waals surface area contributed by atoms with Crippen molar-refractivity contribution in [2.75, 3.05) is 12.4 Å². The highest BCUT2D eigenvalue weighted by Crippen LogP contribution is 2.57. The molecule has 2 aliphatic carbocycles. The highest BCUT2D eigenvalue weighted by molar-refractivity contribution is 5.95. The number of benzene rings is 1. The number of hydrogen-bond acceptors (Lipinski definition) is 2. The zero-order valence-corrected chi connectivity index (χ0v) is 10.9. The van der Waals surface area contributed by atoms with Gasteiger partial charge in [-0.15, -0.1) is 0 Å². The Labute approximate surface area is 108 Å². The molecule has 0 aromatic heterocycles. The number of fused-ring (bicyclic) bond motifs is 1. The van der Waals surface area contributed by atoms with E-state index in [1.807, 2.05) is 25.1 Å². The van der Waals surface area contributed by atoms with Crippen LogP contribution in [0.3, 0.4) is 0 Å². The first-order valence-electron chi connectivity index (χ1n) is 6.66. The van der Waals surface area contributed by atoms with Gasteiger partial charge in [0.15, 0.2) is 0 Å². The molecule has 1 aromatic carbocycles. The van der Waals surface area contributed by atoms with Crippen molar-refractivity contribution in [3.8, 4) is 5.75 Å². The number of anilines is 1. The van der Waals surface area contributed by atoms with E-state index in [2.05, 4.69) is 5.32 Å². The smallest absolute Gasteiger partial charge is 0.228 e. The van der Waals surface area contributed by atoms with Crippen LogP contribution in [-0.4, -0.2) is 13.0 Å². The average Bonchev–Trinajstić information content (AvgIpc) is 2.86. The number of rotatable bonds is 3. The summed E-state index contributed by atoms with van der Waals surface area (Å²) in [5, 5.41) is 3.02. The van der Waals surface area contributed by atoms with E-state index in [0.29, 0.717) is 11.8 Å². The molecule has 3 atom stereocenters. The van der Waals surface area contributed by atoms with Gasteiger partial charge >= 0.3 is 0 Å². The van der Waals surface area contributed by atoms with Gasteiger partial charge in [0.1, 0.15) is 5.75 Å². The molecule has 2 saturated carbocycles. The molecule has 1 amide bonds. The first-order chi connectivity index (χ1) is 8.70. The SMILES string of the molecule is COc1cc(NC(=O)C2[C@H]3CCC[C@@H]23)ccc1C. The van der Waals surface area contributed by atoms with E-state index in [0.717, 1.165) is 17.0 Å². The fourth-order valence-corrected chi connectivity index (χ4v) is 3.33. The first kappa shape index (κ1) is 11.6. The van der Waals surface area contributed by atoms with E-state index in [4.69, 9.17) is 4.74 Å². The number of hydrogen-bond donors (Lipinski definition) is 1. The van der Waals surface area contributed by atoms with Crippen molar-refractivity contribution in [3.63, 3.8) is 0 Å². The van der Waals surface area contributed by atoms with Gasteiger partial charge in [-0.05, 0) is 43.2 Å². The summed E-state index contributed by atoms with van der Waals surface area (Å²) in [6.07, 6.45) is 3.78. The Balaban J connectivity index is 1.67. The first-order valence-corrected chi connectivity index (χ1v) is 6.66. The summed E-state index contributed by atoms with van der Waals surface area (Å²) in [4.78, 5) is 12.1. The number of methoxy groups -OCH3 is 1. The topological polar surface area (TPSA) is 38.3 Å². The van der Waals surface area contributed by atoms with Crippen LogP contribution < -0.4 is 10.1 Å². The molecule has 0 aliphatic heterocycles. The summed E-state index contributed by atoms with van der Waals surface area (Å²) < 4.78 is 5.27. The highest BCUT2D eigenvalue weighted by Gasteiger charge is 2.56. The van der Waals surface area contributed by atoms with Crippen LogP contribution in [0.15, 0.2) is 18.2 Å². The Bertz CT molecular complexity index is 473. The molecule has 18 heavy (non-hydrogen) atoms. The number of carbonyl (C=O) groups is 1. The van der Waals surface area contributed by atoms with Gasteiger partial charge < -0.3 is 10.1 Å². The molecule has 0 radical (unpaired) electrons. The maximum absolute atomic E-state index is 12.1. The molecule has 0 spiro atoms. The molecule has 3 rings (SSSR count). The van der Waals surface area contributed by atoms with E-state index >= 15 is 0 Å². The quantitative estimate of drug-likeness (QED) is 0.889. The fraction of sp³-hybridized carbons (Fsp3) is 0.533. The predicted molar refractivity (Wildman–Crippen MR) is 70.7 cm³/mol. The summed E-state index contributed by atoms with van der Waals surface area (Å²) in [5.41, 5.74) is 1.92. The Hall–Kier alpha value is -1.51. The van der Waals surface area contributed by atoms with Crippen LogP contribution >= 0.6 is 0 Å². The largest absolute Gasteiger partial charge is 0.496 e. The van der Waals surface area contributed by atoms with Gasteiger partial charge in [0.25, 0.3) is 0 Å². The van der Waals surface area contributed by atoms with Crippen LogP contribution in [0.25, 0.3) is 0 Å². The van der Waals surface area contributed by atoms with Crippen molar-refractivity contribution >= 4 is 11.6 Å². The van der Waals surface area contributed by atoms with E-state index in [9.17, 15) is 4.79 Å². The fourth-order valence-electron chi connectivity index (χ4n) is 3.33. The van der Waals surface area contributed by atoms with Crippen molar-refractivity contribution in [1.29, 1.82) is 0 Å². The molecule has 1 unspecified atom stereocenters. The third kappa shape index (κ3) is 1.88. The minimum absolute atomic E-state index is 0.190. The monoisotopic (exact) mass is 245 g/mol. The van der Waals surface area contributed by atoms with Gasteiger partial charge in [0, 0.05) is 17.7 Å². The standard InChI is InChI=1S/C15H19NO2/c1-9-6-7-10(8-13(9)18-2)16-15(17)14-11-4-3-5-12(11)14/h6-8,11-12,14H,3-5H2,1-2H3,(H,16,17)/t11-,12+,14?. The highest BCUT2D eigenvalue weighted by atomic mass is 16.5. The van der Waals surface area contributed by atoms with Crippen LogP contribution in [0.5, 0.6) is 5.75 Å². The Morgan fingerprint density at radius 2 is 2.06 bits per heavy atom. The van der Waals surface area contributed by atoms with Crippen molar-refractivity contribution in [2.24, 2.45) is 17.8 Å². The van der Waals surface area contributed by atoms with E-state index in [1.54, 1.807) is 7.11 Å². The van der Waals surface area contributed by atoms with Crippen LogP contribution in [-0.2, 0) is 4.79 Å². The number of carbonyl (C=O) groups excluding carboxylic acids is 1. The summed E-state index contributed by atoms with van der Waals surface area (Å²) >= 11 is 0. The second-order valence-corrected chi connectivity index (χ2v) is 5.46. The number of aryl methyl sites for hydroxylation is 1. The maximum Gasteiger partial charge on any atom is 0.228 e. The maximum atomic E-state index is 12.1. The van der Waals surface area contributed by atoms with E-state index < -0.39 is 0 Å². The summed E-state index contributed by atoms with van der Waals surface area (Å²) in [6, 6.07) is 5.81. The molecule has 0 bridgehead atoms. The molecular weight excluding hydrogens is 226 g/mol. The third-order valence-electron chi connectivity index (χ3n) is 4.38. The zero-order valence-electron chi connectivity index (χ0n) is 10.9. The zero-order chi connectivity index (χ0) is 12.7. The molecule has 2 fully saturated rings. The summed E-state index contributed by atoms with van der Waals surface area (Å²) in [5.74, 6) is 2.61. The lowest BCUT2D eigenvalue weighted by Gasteiger charge is -2.10. The molecule has 0 heterocycles. The van der Waals surface area contributed by atoms with Crippen molar-refractivity contribution in [1.82, 2.24) is 0 Å². The number of nitrogens with one attached hydrogen (secondary N) is 1. The van der Waals surface area contributed by atoms with Gasteiger partial charge in [-0.25, -0.2) is 0 Å². The molecule has 1 N–H and O–H groups in total. The van der Waals surface area contributed by atoms with Gasteiger partial charge in [-0.3, -0.25) is 4.79 Å². The van der Waals surface area contributed by atoms with Crippen LogP contribution in [0.1, 0.15) is 24.8 Å². The molecule has 1 aromatic rings. The number of ether oxygens (including phenoxy) is 1. The third-order valence-corrected chi connectivity index (χ3v) is 4.38. The summed E-state index contributed by atoms with van der Waals surface area (Å²) in [6.45, 7) is 2.00. The normalized spacial score (nSPS) is 28.7. The number of amides is 1. The molecule has 96 valence electrons. The second kappa shape index (κ2) is 4.30. The Kier molecular flexibility index (Phi) is 2.77. The van der Waals surface area contributed by atoms with Gasteiger partial charge in [0.05, 0.1) is 7.11 Å². The second-order valence-electron chi connectivity index (χ2n) is 5.46. The van der Waals surface area contributed by atoms with E-state index in [1.165, 1.54) is 19.3 Å². The minimum Gasteiger partial charge on any atom is -0.496 e. The lowest BCUT2D eigenvalue weighted by atomic mass is 10.1. The summed E-state index contributed by atoms with van der Waals surface area (Å²) in [7, 11) is 1.65. The molecule has 3 heteroatoms. The van der Waals surface area contributed by atoms with Crippen molar-refractivity contribution < 1.29 is 9.53 Å². The Morgan fingerprint density at radius 3 is 2.72 bits per heavy atom. The van der Waals surface area contributed by atoms with Crippen molar-refractivity contribution in [2.45, 2.75) is 26.2 Å². The van der Waals surface area contributed by atoms with Crippen LogP contribution in [0.4, 0.5) is 5.69 Å². The van der Waals surface area contributed by atoms with Crippen LogP contribution in [0.2, 0.25) is 0 Å². The van der Waals surface area contributed by atoms with Crippen LogP contribution in [0, 0.1) is 24.7 Å². The van der Waals surface area contributed by atoms with Gasteiger partial charge in [-0.1, -0.05) is 12.5 Å². The van der Waals surface area contributed by atoms with E-state index in [-0.39, 0.29) is 11.8 Å². The minimum atomic E-state index is 0.190. The molecule has 2 aliphatic rings. The van der Waals surface area contributed by atoms with Gasteiger partial charge in [-0.2, -0.15) is 0 Å². The Morgan fingerprint density at radius 1 is 1.33 bits per heavy atom. The average molecular weight is 245 g/mol. The predicted octanol–water partition coefficient (Wildman–Crippen LogP) is 2.99. The lowest BCUT2D eigenvalue weighted by Crippen LogP contribution is -2.16. The molecule has 0 saturated heterocycles. The lowest BCUT2D eigenvalue weighted by molar-refractivity contribution is -0.118. The van der Waals surface area contributed by atoms with Crippen molar-refractivity contribution in [3.05, 3.63) is 23.8 Å². The molecular formula is C15H19NO2. The molecule has 3 nitrogen and oxygen atoms in total. The van der Waals surface area contributed by atoms with Gasteiger partial charge in [0.2, 0.25) is 5.91 Å².